The molecule has 1 N–H and O–H groups in total. The molecule has 1 aromatic rings. The summed E-state index contributed by atoms with van der Waals surface area (Å²) in [6.07, 6.45) is 1.87. The molecule has 0 radical (unpaired) electrons. The minimum atomic E-state index is -3.21. The number of nitrogens with one attached hydrogen (secondary N) is 1. The molecule has 1 aromatic carbocycles. The van der Waals surface area contributed by atoms with Crippen molar-refractivity contribution in [3.05, 3.63) is 29.8 Å². The molecule has 146 valence electrons. The third-order valence-corrected chi connectivity index (χ3v) is 5.90. The van der Waals surface area contributed by atoms with Crippen LogP contribution in [0.5, 0.6) is 5.75 Å². The predicted octanol–water partition coefficient (Wildman–Crippen LogP) is 2.66. The van der Waals surface area contributed by atoms with Crippen LogP contribution >= 0.6 is 0 Å². The molecule has 1 amide bonds. The predicted molar refractivity (Wildman–Crippen MR) is 103 cm³/mol. The molecule has 0 bridgehead atoms. The van der Waals surface area contributed by atoms with E-state index in [0.717, 1.165) is 0 Å². The Labute approximate surface area is 157 Å². The number of amides is 1. The van der Waals surface area contributed by atoms with Gasteiger partial charge in [0.15, 0.2) is 0 Å². The number of rotatable bonds is 8. The van der Waals surface area contributed by atoms with Crippen LogP contribution in [0.25, 0.3) is 0 Å². The van der Waals surface area contributed by atoms with E-state index in [9.17, 15) is 13.2 Å². The molecule has 1 saturated heterocycles. The van der Waals surface area contributed by atoms with Gasteiger partial charge in [-0.3, -0.25) is 4.79 Å². The Hall–Kier alpha value is -1.60. The summed E-state index contributed by atoms with van der Waals surface area (Å²) in [6.45, 7) is 7.71. The van der Waals surface area contributed by atoms with E-state index in [2.05, 4.69) is 18.6 Å². The molecule has 0 aromatic heterocycles. The second-order valence-corrected chi connectivity index (χ2v) is 9.11. The summed E-state index contributed by atoms with van der Waals surface area (Å²) in [6, 6.07) is 7.17. The van der Waals surface area contributed by atoms with Crippen LogP contribution in [0.3, 0.4) is 0 Å². The molecule has 1 heterocycles. The van der Waals surface area contributed by atoms with Gasteiger partial charge in [-0.05, 0) is 43.4 Å². The first-order valence-electron chi connectivity index (χ1n) is 9.33. The van der Waals surface area contributed by atoms with Gasteiger partial charge in [-0.1, -0.05) is 26.8 Å². The average Bonchev–Trinajstić information content (AvgIpc) is 2.60. The zero-order chi connectivity index (χ0) is 19.2. The SMILES string of the molecule is CCCS(=O)(=O)NC1CCN(C(=O)c2cccc(OCC(C)C)c2)CC1. The van der Waals surface area contributed by atoms with Crippen molar-refractivity contribution in [2.75, 3.05) is 25.4 Å². The largest absolute Gasteiger partial charge is 0.493 e. The van der Waals surface area contributed by atoms with E-state index in [1.54, 1.807) is 17.0 Å². The zero-order valence-electron chi connectivity index (χ0n) is 15.9. The van der Waals surface area contributed by atoms with Gasteiger partial charge in [0.25, 0.3) is 5.91 Å². The second-order valence-electron chi connectivity index (χ2n) is 7.24. The van der Waals surface area contributed by atoms with E-state index in [1.807, 2.05) is 19.1 Å². The van der Waals surface area contributed by atoms with Crippen molar-refractivity contribution in [2.24, 2.45) is 5.92 Å². The minimum Gasteiger partial charge on any atom is -0.493 e. The van der Waals surface area contributed by atoms with Crippen LogP contribution in [0.4, 0.5) is 0 Å². The van der Waals surface area contributed by atoms with E-state index in [-0.39, 0.29) is 17.7 Å². The molecule has 26 heavy (non-hydrogen) atoms. The number of benzene rings is 1. The molecule has 1 fully saturated rings. The Morgan fingerprint density at radius 1 is 1.31 bits per heavy atom. The van der Waals surface area contributed by atoms with E-state index in [4.69, 9.17) is 4.74 Å². The maximum Gasteiger partial charge on any atom is 0.253 e. The summed E-state index contributed by atoms with van der Waals surface area (Å²) in [7, 11) is -3.21. The number of nitrogens with zero attached hydrogens (tertiary/aromatic N) is 1. The third kappa shape index (κ3) is 6.29. The number of sulfonamides is 1. The first kappa shape index (κ1) is 20.7. The fourth-order valence-electron chi connectivity index (χ4n) is 2.95. The number of hydrogen-bond acceptors (Lipinski definition) is 4. The Morgan fingerprint density at radius 2 is 2.00 bits per heavy atom. The standard InChI is InChI=1S/C19H30N2O4S/c1-4-12-26(23,24)20-17-8-10-21(11-9-17)19(22)16-6-5-7-18(13-16)25-14-15(2)3/h5-7,13,15,17,20H,4,8-12,14H2,1-3H3. The highest BCUT2D eigenvalue weighted by Crippen LogP contribution is 2.19. The normalized spacial score (nSPS) is 16.1. The third-order valence-electron chi connectivity index (χ3n) is 4.27. The van der Waals surface area contributed by atoms with Gasteiger partial charge in [0.1, 0.15) is 5.75 Å². The van der Waals surface area contributed by atoms with E-state index in [0.29, 0.717) is 56.2 Å². The summed E-state index contributed by atoms with van der Waals surface area (Å²) < 4.78 is 32.2. The minimum absolute atomic E-state index is 0.0325. The molecule has 1 aliphatic heterocycles. The molecule has 0 saturated carbocycles. The van der Waals surface area contributed by atoms with Gasteiger partial charge in [0, 0.05) is 24.7 Å². The molecular formula is C19H30N2O4S. The van der Waals surface area contributed by atoms with Gasteiger partial charge >= 0.3 is 0 Å². The Kier molecular flexibility index (Phi) is 7.46. The lowest BCUT2D eigenvalue weighted by Gasteiger charge is -2.32. The highest BCUT2D eigenvalue weighted by atomic mass is 32.2. The van der Waals surface area contributed by atoms with Crippen LogP contribution in [-0.4, -0.2) is 50.7 Å². The Balaban J connectivity index is 1.91. The fourth-order valence-corrected chi connectivity index (χ4v) is 4.35. The fraction of sp³-hybridized carbons (Fsp3) is 0.632. The van der Waals surface area contributed by atoms with Crippen LogP contribution in [0.15, 0.2) is 24.3 Å². The van der Waals surface area contributed by atoms with Crippen molar-refractivity contribution in [2.45, 2.75) is 46.1 Å². The maximum absolute atomic E-state index is 12.7. The summed E-state index contributed by atoms with van der Waals surface area (Å²) in [5, 5.41) is 0. The van der Waals surface area contributed by atoms with Crippen molar-refractivity contribution in [1.29, 1.82) is 0 Å². The summed E-state index contributed by atoms with van der Waals surface area (Å²) >= 11 is 0. The summed E-state index contributed by atoms with van der Waals surface area (Å²) in [5.41, 5.74) is 0.608. The van der Waals surface area contributed by atoms with Gasteiger partial charge in [0.2, 0.25) is 10.0 Å². The molecule has 0 unspecified atom stereocenters. The molecule has 6 nitrogen and oxygen atoms in total. The number of carbonyl (C=O) groups is 1. The second kappa shape index (κ2) is 9.37. The van der Waals surface area contributed by atoms with Gasteiger partial charge in [-0.2, -0.15) is 0 Å². The first-order chi connectivity index (χ1) is 12.3. The molecule has 1 aliphatic rings. The Bertz CT molecular complexity index is 695. The number of piperidine rings is 1. The molecular weight excluding hydrogens is 352 g/mol. The van der Waals surface area contributed by atoms with Gasteiger partial charge in [0.05, 0.1) is 12.4 Å². The molecule has 0 aliphatic carbocycles. The topological polar surface area (TPSA) is 75.7 Å². The summed E-state index contributed by atoms with van der Waals surface area (Å²) in [5.74, 6) is 1.24. The van der Waals surface area contributed by atoms with Crippen molar-refractivity contribution in [3.63, 3.8) is 0 Å². The number of hydrogen-bond donors (Lipinski definition) is 1. The van der Waals surface area contributed by atoms with Crippen LogP contribution < -0.4 is 9.46 Å². The smallest absolute Gasteiger partial charge is 0.253 e. The van der Waals surface area contributed by atoms with Crippen molar-refractivity contribution in [1.82, 2.24) is 9.62 Å². The number of carbonyl (C=O) groups excluding carboxylic acids is 1. The van der Waals surface area contributed by atoms with Crippen LogP contribution in [0, 0.1) is 5.92 Å². The van der Waals surface area contributed by atoms with Crippen LogP contribution in [0.2, 0.25) is 0 Å². The summed E-state index contributed by atoms with van der Waals surface area (Å²) in [4.78, 5) is 14.5. The van der Waals surface area contributed by atoms with Crippen LogP contribution in [0.1, 0.15) is 50.4 Å². The monoisotopic (exact) mass is 382 g/mol. The number of likely N-dealkylation sites (tertiary alicyclic amines) is 1. The zero-order valence-corrected chi connectivity index (χ0v) is 16.7. The quantitative estimate of drug-likeness (QED) is 0.750. The molecule has 7 heteroatoms. The highest BCUT2D eigenvalue weighted by molar-refractivity contribution is 7.89. The van der Waals surface area contributed by atoms with E-state index >= 15 is 0 Å². The van der Waals surface area contributed by atoms with Crippen molar-refractivity contribution >= 4 is 15.9 Å². The van der Waals surface area contributed by atoms with Gasteiger partial charge in [-0.15, -0.1) is 0 Å². The first-order valence-corrected chi connectivity index (χ1v) is 11.0. The average molecular weight is 383 g/mol. The molecule has 0 spiro atoms. The van der Waals surface area contributed by atoms with E-state index < -0.39 is 10.0 Å². The number of ether oxygens (including phenoxy) is 1. The van der Waals surface area contributed by atoms with Gasteiger partial charge in [-0.25, -0.2) is 13.1 Å². The van der Waals surface area contributed by atoms with Crippen molar-refractivity contribution < 1.29 is 17.9 Å². The highest BCUT2D eigenvalue weighted by Gasteiger charge is 2.26. The van der Waals surface area contributed by atoms with Gasteiger partial charge < -0.3 is 9.64 Å². The molecule has 2 rings (SSSR count). The maximum atomic E-state index is 12.7. The molecule has 0 atom stereocenters. The van der Waals surface area contributed by atoms with Crippen molar-refractivity contribution in [3.8, 4) is 5.75 Å². The lowest BCUT2D eigenvalue weighted by Crippen LogP contribution is -2.46. The van der Waals surface area contributed by atoms with Crippen LogP contribution in [-0.2, 0) is 10.0 Å². The Morgan fingerprint density at radius 3 is 2.62 bits per heavy atom. The lowest BCUT2D eigenvalue weighted by molar-refractivity contribution is 0.0711. The lowest BCUT2D eigenvalue weighted by atomic mass is 10.0. The van der Waals surface area contributed by atoms with E-state index in [1.165, 1.54) is 0 Å².